The second-order valence-corrected chi connectivity index (χ2v) is 4.94. The topological polar surface area (TPSA) is 29.1 Å². The summed E-state index contributed by atoms with van der Waals surface area (Å²) in [7, 11) is 0. The van der Waals surface area contributed by atoms with Gasteiger partial charge in [-0.15, -0.1) is 11.8 Å². The van der Waals surface area contributed by atoms with E-state index in [0.29, 0.717) is 6.42 Å². The fourth-order valence-electron chi connectivity index (χ4n) is 1.66. The summed E-state index contributed by atoms with van der Waals surface area (Å²) < 4.78 is 0. The zero-order valence-electron chi connectivity index (χ0n) is 8.88. The van der Waals surface area contributed by atoms with Gasteiger partial charge in [-0.05, 0) is 31.0 Å². The van der Waals surface area contributed by atoms with Gasteiger partial charge in [0.25, 0.3) is 0 Å². The van der Waals surface area contributed by atoms with Crippen molar-refractivity contribution in [2.24, 2.45) is 0 Å². The highest BCUT2D eigenvalue weighted by molar-refractivity contribution is 7.99. The number of carbonyl (C=O) groups excluding carboxylic acids is 1. The molecule has 80 valence electrons. The first-order valence-corrected chi connectivity index (χ1v) is 6.23. The van der Waals surface area contributed by atoms with Crippen LogP contribution in [0.4, 0.5) is 5.69 Å². The molecule has 0 fully saturated rings. The molecule has 2 nitrogen and oxygen atoms in total. The third-order valence-electron chi connectivity index (χ3n) is 2.48. The molecule has 2 rings (SSSR count). The molecule has 0 amide bonds. The monoisotopic (exact) mass is 221 g/mol. The molecule has 15 heavy (non-hydrogen) atoms. The lowest BCUT2D eigenvalue weighted by molar-refractivity contribution is -0.116. The van der Waals surface area contributed by atoms with Crippen LogP contribution in [0.3, 0.4) is 0 Å². The smallest absolute Gasteiger partial charge is 0.130 e. The molecule has 0 bridgehead atoms. The van der Waals surface area contributed by atoms with Crippen LogP contribution in [0, 0.1) is 0 Å². The predicted octanol–water partition coefficient (Wildman–Crippen LogP) is 2.73. The van der Waals surface area contributed by atoms with Gasteiger partial charge in [-0.2, -0.15) is 0 Å². The SMILES string of the molecule is CC(=O)CCc1ccc2c(c1)NCCS2. The minimum atomic E-state index is 0.259. The summed E-state index contributed by atoms with van der Waals surface area (Å²) >= 11 is 1.89. The van der Waals surface area contributed by atoms with Crippen molar-refractivity contribution in [1.82, 2.24) is 0 Å². The van der Waals surface area contributed by atoms with Crippen LogP contribution in [0.1, 0.15) is 18.9 Å². The Bertz CT molecular complexity index is 376. The highest BCUT2D eigenvalue weighted by Crippen LogP contribution is 2.31. The van der Waals surface area contributed by atoms with Crippen molar-refractivity contribution >= 4 is 23.2 Å². The number of thioether (sulfide) groups is 1. The number of hydrogen-bond acceptors (Lipinski definition) is 3. The zero-order chi connectivity index (χ0) is 10.7. The van der Waals surface area contributed by atoms with E-state index in [0.717, 1.165) is 18.7 Å². The summed E-state index contributed by atoms with van der Waals surface area (Å²) in [6.07, 6.45) is 1.50. The summed E-state index contributed by atoms with van der Waals surface area (Å²) in [5.41, 5.74) is 2.48. The predicted molar refractivity (Wildman–Crippen MR) is 64.7 cm³/mol. The Morgan fingerprint density at radius 3 is 3.20 bits per heavy atom. The number of anilines is 1. The van der Waals surface area contributed by atoms with Gasteiger partial charge in [0.2, 0.25) is 0 Å². The second kappa shape index (κ2) is 4.71. The van der Waals surface area contributed by atoms with Gasteiger partial charge in [-0.25, -0.2) is 0 Å². The quantitative estimate of drug-likeness (QED) is 0.851. The van der Waals surface area contributed by atoms with Gasteiger partial charge in [0.05, 0.1) is 0 Å². The van der Waals surface area contributed by atoms with Crippen molar-refractivity contribution in [3.05, 3.63) is 23.8 Å². The molecule has 0 atom stereocenters. The summed E-state index contributed by atoms with van der Waals surface area (Å²) in [5, 5.41) is 3.38. The lowest BCUT2D eigenvalue weighted by Crippen LogP contribution is -2.10. The van der Waals surface area contributed by atoms with E-state index in [4.69, 9.17) is 0 Å². The number of rotatable bonds is 3. The third kappa shape index (κ3) is 2.75. The van der Waals surface area contributed by atoms with E-state index in [2.05, 4.69) is 23.5 Å². The number of aryl methyl sites for hydroxylation is 1. The lowest BCUT2D eigenvalue weighted by Gasteiger charge is -2.18. The maximum atomic E-state index is 10.9. The summed E-state index contributed by atoms with van der Waals surface area (Å²) in [4.78, 5) is 12.2. The molecule has 0 aromatic heterocycles. The van der Waals surface area contributed by atoms with Gasteiger partial charge in [0.1, 0.15) is 5.78 Å². The van der Waals surface area contributed by atoms with E-state index in [1.54, 1.807) is 6.92 Å². The highest BCUT2D eigenvalue weighted by atomic mass is 32.2. The van der Waals surface area contributed by atoms with Crippen LogP contribution in [0.5, 0.6) is 0 Å². The number of benzene rings is 1. The van der Waals surface area contributed by atoms with Gasteiger partial charge < -0.3 is 10.1 Å². The molecule has 1 aromatic rings. The van der Waals surface area contributed by atoms with Crippen LogP contribution < -0.4 is 5.32 Å². The second-order valence-electron chi connectivity index (χ2n) is 3.81. The van der Waals surface area contributed by atoms with E-state index in [1.165, 1.54) is 16.1 Å². The van der Waals surface area contributed by atoms with Gasteiger partial charge in [-0.3, -0.25) is 0 Å². The molecular formula is C12H15NOS. The number of hydrogen-bond donors (Lipinski definition) is 1. The summed E-state index contributed by atoms with van der Waals surface area (Å²) in [6.45, 7) is 2.68. The van der Waals surface area contributed by atoms with E-state index in [-0.39, 0.29) is 5.78 Å². The first-order chi connectivity index (χ1) is 7.25. The van der Waals surface area contributed by atoms with Gasteiger partial charge in [0.15, 0.2) is 0 Å². The minimum Gasteiger partial charge on any atom is -0.383 e. The van der Waals surface area contributed by atoms with Crippen LogP contribution >= 0.6 is 11.8 Å². The van der Waals surface area contributed by atoms with Crippen molar-refractivity contribution in [3.8, 4) is 0 Å². The zero-order valence-corrected chi connectivity index (χ0v) is 9.69. The Morgan fingerprint density at radius 1 is 1.53 bits per heavy atom. The van der Waals surface area contributed by atoms with Gasteiger partial charge in [-0.1, -0.05) is 6.07 Å². The molecular weight excluding hydrogens is 206 g/mol. The largest absolute Gasteiger partial charge is 0.383 e. The van der Waals surface area contributed by atoms with E-state index < -0.39 is 0 Å². The molecule has 0 saturated heterocycles. The highest BCUT2D eigenvalue weighted by Gasteiger charge is 2.09. The molecule has 3 heteroatoms. The average Bonchev–Trinajstić information content (AvgIpc) is 2.26. The standard InChI is InChI=1S/C12H15NOS/c1-9(14)2-3-10-4-5-12-11(8-10)13-6-7-15-12/h4-5,8,13H,2-3,6-7H2,1H3. The maximum Gasteiger partial charge on any atom is 0.130 e. The molecule has 0 radical (unpaired) electrons. The number of nitrogens with one attached hydrogen (secondary N) is 1. The van der Waals surface area contributed by atoms with Crippen molar-refractivity contribution < 1.29 is 4.79 Å². The van der Waals surface area contributed by atoms with Crippen LogP contribution in [0.25, 0.3) is 0 Å². The molecule has 1 aromatic carbocycles. The molecule has 1 heterocycles. The average molecular weight is 221 g/mol. The van der Waals surface area contributed by atoms with E-state index in [1.807, 2.05) is 11.8 Å². The molecule has 1 N–H and O–H groups in total. The van der Waals surface area contributed by atoms with Crippen molar-refractivity contribution in [2.75, 3.05) is 17.6 Å². The minimum absolute atomic E-state index is 0.259. The van der Waals surface area contributed by atoms with Crippen LogP contribution in [-0.2, 0) is 11.2 Å². The Morgan fingerprint density at radius 2 is 2.40 bits per heavy atom. The van der Waals surface area contributed by atoms with Gasteiger partial charge in [0, 0.05) is 29.3 Å². The molecule has 0 unspecified atom stereocenters. The third-order valence-corrected chi connectivity index (χ3v) is 3.56. The molecule has 0 aliphatic carbocycles. The van der Waals surface area contributed by atoms with Crippen molar-refractivity contribution in [3.63, 3.8) is 0 Å². The number of fused-ring (bicyclic) bond motifs is 1. The fraction of sp³-hybridized carbons (Fsp3) is 0.417. The van der Waals surface area contributed by atoms with E-state index in [9.17, 15) is 4.79 Å². The molecule has 0 spiro atoms. The Labute approximate surface area is 94.4 Å². The number of carbonyl (C=O) groups is 1. The van der Waals surface area contributed by atoms with E-state index >= 15 is 0 Å². The summed E-state index contributed by atoms with van der Waals surface area (Å²) in [6, 6.07) is 6.45. The van der Waals surface area contributed by atoms with Crippen LogP contribution in [0.2, 0.25) is 0 Å². The molecule has 1 aliphatic heterocycles. The van der Waals surface area contributed by atoms with Gasteiger partial charge >= 0.3 is 0 Å². The van der Waals surface area contributed by atoms with Crippen LogP contribution in [-0.4, -0.2) is 18.1 Å². The summed E-state index contributed by atoms with van der Waals surface area (Å²) in [5.74, 6) is 1.40. The Hall–Kier alpha value is -0.960. The Balaban J connectivity index is 2.10. The molecule has 1 aliphatic rings. The first kappa shape index (κ1) is 10.6. The van der Waals surface area contributed by atoms with Crippen LogP contribution in [0.15, 0.2) is 23.1 Å². The number of ketones is 1. The Kier molecular flexibility index (Phi) is 3.31. The number of Topliss-reactive ketones (excluding diaryl/α,β-unsaturated/α-hetero) is 1. The normalized spacial score (nSPS) is 14.2. The lowest BCUT2D eigenvalue weighted by atomic mass is 10.1. The first-order valence-electron chi connectivity index (χ1n) is 5.25. The maximum absolute atomic E-state index is 10.9. The molecule has 0 saturated carbocycles. The fourth-order valence-corrected chi connectivity index (χ4v) is 2.54. The van der Waals surface area contributed by atoms with Crippen molar-refractivity contribution in [1.29, 1.82) is 0 Å². The van der Waals surface area contributed by atoms with Crippen molar-refractivity contribution in [2.45, 2.75) is 24.7 Å².